The summed E-state index contributed by atoms with van der Waals surface area (Å²) in [5.41, 5.74) is 0.765. The van der Waals surface area contributed by atoms with E-state index in [4.69, 9.17) is 4.74 Å². The quantitative estimate of drug-likeness (QED) is 0.760. The van der Waals surface area contributed by atoms with Gasteiger partial charge in [-0.05, 0) is 24.6 Å². The minimum atomic E-state index is -3.39. The lowest BCUT2D eigenvalue weighted by Crippen LogP contribution is -2.53. The molecule has 1 amide bonds. The van der Waals surface area contributed by atoms with E-state index in [0.29, 0.717) is 31.9 Å². The summed E-state index contributed by atoms with van der Waals surface area (Å²) in [5.74, 6) is 0.497. The molecule has 3 rings (SSSR count). The molecule has 0 spiro atoms. The number of rotatable bonds is 6. The first-order chi connectivity index (χ1) is 13.0. The van der Waals surface area contributed by atoms with Crippen molar-refractivity contribution >= 4 is 15.9 Å². The van der Waals surface area contributed by atoms with Crippen LogP contribution in [0.1, 0.15) is 12.5 Å². The van der Waals surface area contributed by atoms with Crippen LogP contribution in [0.15, 0.2) is 60.7 Å². The number of amides is 1. The Kier molecular flexibility index (Phi) is 6.13. The summed E-state index contributed by atoms with van der Waals surface area (Å²) >= 11 is 0. The van der Waals surface area contributed by atoms with Gasteiger partial charge in [0.2, 0.25) is 10.0 Å². The van der Waals surface area contributed by atoms with E-state index in [0.717, 1.165) is 5.56 Å². The van der Waals surface area contributed by atoms with Crippen molar-refractivity contribution in [3.63, 3.8) is 0 Å². The van der Waals surface area contributed by atoms with Gasteiger partial charge in [0, 0.05) is 26.2 Å². The van der Waals surface area contributed by atoms with Gasteiger partial charge in [-0.1, -0.05) is 48.5 Å². The zero-order valence-electron chi connectivity index (χ0n) is 15.3. The van der Waals surface area contributed by atoms with Crippen molar-refractivity contribution in [2.24, 2.45) is 0 Å². The number of carbonyl (C=O) groups excluding carboxylic acids is 1. The SMILES string of the molecule is CC(Oc1ccccc1)C(=O)N1CCN(S(=O)(=O)Cc2ccccc2)CC1. The highest BCUT2D eigenvalue weighted by Gasteiger charge is 2.31. The van der Waals surface area contributed by atoms with E-state index in [9.17, 15) is 13.2 Å². The average molecular weight is 388 g/mol. The van der Waals surface area contributed by atoms with Crippen molar-refractivity contribution in [2.75, 3.05) is 26.2 Å². The topological polar surface area (TPSA) is 66.9 Å². The van der Waals surface area contributed by atoms with Gasteiger partial charge in [-0.2, -0.15) is 4.31 Å². The second-order valence-corrected chi connectivity index (χ2v) is 8.51. The summed E-state index contributed by atoms with van der Waals surface area (Å²) in [6.45, 7) is 3.07. The number of piperazine rings is 1. The highest BCUT2D eigenvalue weighted by atomic mass is 32.2. The molecule has 144 valence electrons. The van der Waals surface area contributed by atoms with Crippen LogP contribution < -0.4 is 4.74 Å². The van der Waals surface area contributed by atoms with Gasteiger partial charge >= 0.3 is 0 Å². The summed E-state index contributed by atoms with van der Waals surface area (Å²) in [6.07, 6.45) is -0.611. The number of nitrogens with zero attached hydrogens (tertiary/aromatic N) is 2. The molecular formula is C20H24N2O4S. The van der Waals surface area contributed by atoms with Crippen LogP contribution in [0.4, 0.5) is 0 Å². The van der Waals surface area contributed by atoms with Crippen molar-refractivity contribution in [2.45, 2.75) is 18.8 Å². The Labute approximate surface area is 160 Å². The summed E-state index contributed by atoms with van der Waals surface area (Å²) in [6, 6.07) is 18.3. The molecule has 0 aromatic heterocycles. The highest BCUT2D eigenvalue weighted by molar-refractivity contribution is 7.88. The van der Waals surface area contributed by atoms with Gasteiger partial charge in [-0.25, -0.2) is 8.42 Å². The minimum absolute atomic E-state index is 0.0185. The second kappa shape index (κ2) is 8.54. The second-order valence-electron chi connectivity index (χ2n) is 6.54. The molecule has 0 saturated carbocycles. The normalized spacial score (nSPS) is 16.7. The molecule has 27 heavy (non-hydrogen) atoms. The maximum absolute atomic E-state index is 12.6. The van der Waals surface area contributed by atoms with Crippen LogP contribution in [-0.4, -0.2) is 55.8 Å². The van der Waals surface area contributed by atoms with Crippen molar-refractivity contribution < 1.29 is 17.9 Å². The third kappa shape index (κ3) is 5.08. The number of carbonyl (C=O) groups is 1. The zero-order valence-corrected chi connectivity index (χ0v) is 16.1. The van der Waals surface area contributed by atoms with E-state index >= 15 is 0 Å². The zero-order chi connectivity index (χ0) is 19.3. The van der Waals surface area contributed by atoms with Gasteiger partial charge in [-0.15, -0.1) is 0 Å². The molecule has 1 unspecified atom stereocenters. The van der Waals surface area contributed by atoms with Crippen molar-refractivity contribution in [3.8, 4) is 5.75 Å². The molecule has 1 aliphatic heterocycles. The Morgan fingerprint density at radius 1 is 0.963 bits per heavy atom. The summed E-state index contributed by atoms with van der Waals surface area (Å²) in [5, 5.41) is 0. The van der Waals surface area contributed by atoms with Crippen LogP contribution >= 0.6 is 0 Å². The van der Waals surface area contributed by atoms with Crippen LogP contribution in [0, 0.1) is 0 Å². The molecule has 0 radical (unpaired) electrons. The van der Waals surface area contributed by atoms with Gasteiger partial charge in [-0.3, -0.25) is 4.79 Å². The monoisotopic (exact) mass is 388 g/mol. The number of sulfonamides is 1. The van der Waals surface area contributed by atoms with Crippen molar-refractivity contribution in [1.82, 2.24) is 9.21 Å². The maximum atomic E-state index is 12.6. The summed E-state index contributed by atoms with van der Waals surface area (Å²) in [4.78, 5) is 14.3. The van der Waals surface area contributed by atoms with Gasteiger partial charge in [0.15, 0.2) is 6.10 Å². The third-order valence-corrected chi connectivity index (χ3v) is 6.39. The van der Waals surface area contributed by atoms with Crippen LogP contribution in [-0.2, 0) is 20.6 Å². The average Bonchev–Trinajstić information content (AvgIpc) is 2.69. The van der Waals surface area contributed by atoms with Crippen molar-refractivity contribution in [1.29, 1.82) is 0 Å². The van der Waals surface area contributed by atoms with Gasteiger partial charge < -0.3 is 9.64 Å². The first-order valence-electron chi connectivity index (χ1n) is 8.98. The summed E-state index contributed by atoms with van der Waals surface area (Å²) < 4.78 is 32.4. The molecular weight excluding hydrogens is 364 g/mol. The Hall–Kier alpha value is -2.38. The van der Waals surface area contributed by atoms with Crippen LogP contribution in [0.5, 0.6) is 5.75 Å². The van der Waals surface area contributed by atoms with Crippen molar-refractivity contribution in [3.05, 3.63) is 66.2 Å². The Balaban J connectivity index is 1.54. The molecule has 1 atom stereocenters. The fraction of sp³-hybridized carbons (Fsp3) is 0.350. The number of hydrogen-bond acceptors (Lipinski definition) is 4. The fourth-order valence-corrected chi connectivity index (χ4v) is 4.59. The number of ether oxygens (including phenoxy) is 1. The largest absolute Gasteiger partial charge is 0.481 e. The molecule has 1 heterocycles. The number of para-hydroxylation sites is 1. The lowest BCUT2D eigenvalue weighted by atomic mass is 10.2. The molecule has 0 bridgehead atoms. The van der Waals surface area contributed by atoms with Gasteiger partial charge in [0.25, 0.3) is 5.91 Å². The Morgan fingerprint density at radius 2 is 1.52 bits per heavy atom. The molecule has 2 aromatic rings. The van der Waals surface area contributed by atoms with Gasteiger partial charge in [0.1, 0.15) is 5.75 Å². The van der Waals surface area contributed by atoms with Crippen LogP contribution in [0.2, 0.25) is 0 Å². The molecule has 2 aromatic carbocycles. The predicted octanol–water partition coefficient (Wildman–Crippen LogP) is 2.13. The molecule has 0 aliphatic carbocycles. The lowest BCUT2D eigenvalue weighted by molar-refractivity contribution is -0.139. The number of hydrogen-bond donors (Lipinski definition) is 0. The van der Waals surface area contributed by atoms with E-state index in [1.54, 1.807) is 36.1 Å². The molecule has 1 fully saturated rings. The lowest BCUT2D eigenvalue weighted by Gasteiger charge is -2.35. The highest BCUT2D eigenvalue weighted by Crippen LogP contribution is 2.16. The fourth-order valence-electron chi connectivity index (χ4n) is 3.07. The van der Waals surface area contributed by atoms with Crippen LogP contribution in [0.25, 0.3) is 0 Å². The maximum Gasteiger partial charge on any atom is 0.263 e. The molecule has 1 saturated heterocycles. The standard InChI is InChI=1S/C20H24N2O4S/c1-17(26-19-10-6-3-7-11-19)20(23)21-12-14-22(15-13-21)27(24,25)16-18-8-4-2-5-9-18/h2-11,17H,12-16H2,1H3. The predicted molar refractivity (Wildman–Crippen MR) is 104 cm³/mol. The minimum Gasteiger partial charge on any atom is -0.481 e. The molecule has 1 aliphatic rings. The summed E-state index contributed by atoms with van der Waals surface area (Å²) in [7, 11) is -3.39. The van der Waals surface area contributed by atoms with E-state index in [-0.39, 0.29) is 11.7 Å². The third-order valence-electron chi connectivity index (χ3n) is 4.54. The first kappa shape index (κ1) is 19.4. The van der Waals surface area contributed by atoms with E-state index in [1.165, 1.54) is 4.31 Å². The molecule has 0 N–H and O–H groups in total. The smallest absolute Gasteiger partial charge is 0.263 e. The Bertz CT molecular complexity index is 848. The number of benzene rings is 2. The first-order valence-corrected chi connectivity index (χ1v) is 10.6. The van der Waals surface area contributed by atoms with Gasteiger partial charge in [0.05, 0.1) is 5.75 Å². The van der Waals surface area contributed by atoms with E-state index in [1.807, 2.05) is 36.4 Å². The van der Waals surface area contributed by atoms with E-state index in [2.05, 4.69) is 0 Å². The molecule has 7 heteroatoms. The van der Waals surface area contributed by atoms with Crippen LogP contribution in [0.3, 0.4) is 0 Å². The molecule has 6 nitrogen and oxygen atoms in total. The van der Waals surface area contributed by atoms with E-state index < -0.39 is 16.1 Å². The Morgan fingerprint density at radius 3 is 2.11 bits per heavy atom.